The van der Waals surface area contributed by atoms with Crippen LogP contribution in [-0.2, 0) is 11.3 Å². The molecule has 5 heteroatoms. The summed E-state index contributed by atoms with van der Waals surface area (Å²) < 4.78 is 20.7. The Kier molecular flexibility index (Phi) is 5.25. The minimum atomic E-state index is -0.449. The first kappa shape index (κ1) is 15.7. The van der Waals surface area contributed by atoms with Crippen LogP contribution >= 0.6 is 0 Å². The fourth-order valence-electron chi connectivity index (χ4n) is 1.92. The van der Waals surface area contributed by atoms with Crippen LogP contribution in [0.25, 0.3) is 0 Å². The van der Waals surface area contributed by atoms with Crippen molar-refractivity contribution in [3.8, 4) is 17.2 Å². The van der Waals surface area contributed by atoms with E-state index in [2.05, 4.69) is 0 Å². The number of carbonyl (C=O) groups is 1. The van der Waals surface area contributed by atoms with Crippen molar-refractivity contribution in [2.45, 2.75) is 6.61 Å². The number of rotatable bonds is 6. The zero-order valence-corrected chi connectivity index (χ0v) is 12.8. The van der Waals surface area contributed by atoms with Crippen LogP contribution in [0.1, 0.15) is 15.9 Å². The van der Waals surface area contributed by atoms with Crippen LogP contribution in [0.2, 0.25) is 0 Å². The van der Waals surface area contributed by atoms with Crippen LogP contribution in [0, 0.1) is 0 Å². The Labute approximate surface area is 129 Å². The summed E-state index contributed by atoms with van der Waals surface area (Å²) in [5.41, 5.74) is 1.23. The molecule has 0 aromatic heterocycles. The highest BCUT2D eigenvalue weighted by molar-refractivity contribution is 5.92. The average molecular weight is 302 g/mol. The number of hydrogen-bond acceptors (Lipinski definition) is 5. The molecular formula is C17H18O5. The molecule has 0 saturated heterocycles. The highest BCUT2D eigenvalue weighted by Gasteiger charge is 2.14. The maximum Gasteiger partial charge on any atom is 0.342 e. The molecule has 0 spiro atoms. The number of ether oxygens (including phenoxy) is 4. The van der Waals surface area contributed by atoms with Gasteiger partial charge in [0, 0.05) is 6.07 Å². The molecule has 0 aliphatic rings. The molecule has 5 nitrogen and oxygen atoms in total. The average Bonchev–Trinajstić information content (AvgIpc) is 2.59. The Morgan fingerprint density at radius 3 is 2.09 bits per heavy atom. The van der Waals surface area contributed by atoms with Crippen LogP contribution in [0.15, 0.2) is 42.5 Å². The van der Waals surface area contributed by atoms with Crippen molar-refractivity contribution in [1.29, 1.82) is 0 Å². The van der Waals surface area contributed by atoms with E-state index >= 15 is 0 Å². The van der Waals surface area contributed by atoms with Crippen molar-refractivity contribution in [3.05, 3.63) is 53.6 Å². The first-order chi connectivity index (χ1) is 10.7. The zero-order chi connectivity index (χ0) is 15.9. The number of methoxy groups -OCH3 is 3. The molecule has 0 radical (unpaired) electrons. The minimum Gasteiger partial charge on any atom is -0.497 e. The van der Waals surface area contributed by atoms with Crippen LogP contribution in [0.5, 0.6) is 17.2 Å². The normalized spacial score (nSPS) is 9.95. The van der Waals surface area contributed by atoms with Gasteiger partial charge in [0.15, 0.2) is 0 Å². The van der Waals surface area contributed by atoms with Crippen molar-refractivity contribution in [1.82, 2.24) is 0 Å². The molecule has 0 N–H and O–H groups in total. The third kappa shape index (κ3) is 3.69. The van der Waals surface area contributed by atoms with E-state index in [1.807, 2.05) is 24.3 Å². The molecule has 0 heterocycles. The summed E-state index contributed by atoms with van der Waals surface area (Å²) in [6.07, 6.45) is 0. The molecule has 0 atom stereocenters. The molecule has 2 aromatic carbocycles. The van der Waals surface area contributed by atoms with E-state index < -0.39 is 5.97 Å². The van der Waals surface area contributed by atoms with Gasteiger partial charge in [0.2, 0.25) is 0 Å². The van der Waals surface area contributed by atoms with E-state index in [1.54, 1.807) is 32.4 Å². The standard InChI is InChI=1S/C17H18O5/c1-19-13-6-4-12(5-7-13)11-22-17(18)15-9-8-14(20-2)10-16(15)21-3/h4-10H,11H2,1-3H3. The first-order valence-corrected chi connectivity index (χ1v) is 6.70. The van der Waals surface area contributed by atoms with Crippen molar-refractivity contribution in [3.63, 3.8) is 0 Å². The van der Waals surface area contributed by atoms with Gasteiger partial charge in [0.05, 0.1) is 21.3 Å². The Balaban J connectivity index is 2.05. The number of esters is 1. The van der Waals surface area contributed by atoms with Gasteiger partial charge in [-0.05, 0) is 29.8 Å². The SMILES string of the molecule is COc1ccc(COC(=O)c2ccc(OC)cc2OC)cc1. The maximum absolute atomic E-state index is 12.2. The summed E-state index contributed by atoms with van der Waals surface area (Å²) in [6, 6.07) is 12.3. The van der Waals surface area contributed by atoms with E-state index in [0.29, 0.717) is 17.1 Å². The van der Waals surface area contributed by atoms with Crippen LogP contribution < -0.4 is 14.2 Å². The Hall–Kier alpha value is -2.69. The van der Waals surface area contributed by atoms with Gasteiger partial charge >= 0.3 is 5.97 Å². The van der Waals surface area contributed by atoms with Crippen LogP contribution in [-0.4, -0.2) is 27.3 Å². The Bertz CT molecular complexity index is 634. The number of benzene rings is 2. The molecule has 2 aromatic rings. The van der Waals surface area contributed by atoms with E-state index in [1.165, 1.54) is 7.11 Å². The minimum absolute atomic E-state index is 0.179. The summed E-state index contributed by atoms with van der Waals surface area (Å²) in [4.78, 5) is 12.2. The fraction of sp³-hybridized carbons (Fsp3) is 0.235. The van der Waals surface area contributed by atoms with Gasteiger partial charge in [-0.25, -0.2) is 4.79 Å². The van der Waals surface area contributed by atoms with Gasteiger partial charge in [-0.1, -0.05) is 12.1 Å². The highest BCUT2D eigenvalue weighted by atomic mass is 16.5. The monoisotopic (exact) mass is 302 g/mol. The van der Waals surface area contributed by atoms with Crippen molar-refractivity contribution in [2.75, 3.05) is 21.3 Å². The predicted octanol–water partition coefficient (Wildman–Crippen LogP) is 3.07. The lowest BCUT2D eigenvalue weighted by Crippen LogP contribution is -2.07. The second-order valence-corrected chi connectivity index (χ2v) is 4.49. The summed E-state index contributed by atoms with van der Waals surface area (Å²) in [5, 5.41) is 0. The smallest absolute Gasteiger partial charge is 0.342 e. The molecule has 0 fully saturated rings. The number of hydrogen-bond donors (Lipinski definition) is 0. The van der Waals surface area contributed by atoms with Crippen LogP contribution in [0.3, 0.4) is 0 Å². The lowest BCUT2D eigenvalue weighted by Gasteiger charge is -2.10. The van der Waals surface area contributed by atoms with E-state index in [9.17, 15) is 4.79 Å². The molecular weight excluding hydrogens is 284 g/mol. The molecule has 0 saturated carbocycles. The van der Waals surface area contributed by atoms with E-state index in [-0.39, 0.29) is 6.61 Å². The van der Waals surface area contributed by atoms with Gasteiger partial charge < -0.3 is 18.9 Å². The largest absolute Gasteiger partial charge is 0.497 e. The lowest BCUT2D eigenvalue weighted by molar-refractivity contribution is 0.0469. The fourth-order valence-corrected chi connectivity index (χ4v) is 1.92. The second kappa shape index (κ2) is 7.36. The summed E-state index contributed by atoms with van der Waals surface area (Å²) >= 11 is 0. The van der Waals surface area contributed by atoms with Gasteiger partial charge in [-0.2, -0.15) is 0 Å². The molecule has 0 aliphatic carbocycles. The van der Waals surface area contributed by atoms with Crippen LogP contribution in [0.4, 0.5) is 0 Å². The third-order valence-corrected chi connectivity index (χ3v) is 3.16. The predicted molar refractivity (Wildman–Crippen MR) is 81.7 cm³/mol. The quantitative estimate of drug-likeness (QED) is 0.768. The topological polar surface area (TPSA) is 54.0 Å². The van der Waals surface area contributed by atoms with Gasteiger partial charge in [-0.15, -0.1) is 0 Å². The van der Waals surface area contributed by atoms with Gasteiger partial charge in [-0.3, -0.25) is 0 Å². The van der Waals surface area contributed by atoms with E-state index in [0.717, 1.165) is 11.3 Å². The van der Waals surface area contributed by atoms with E-state index in [4.69, 9.17) is 18.9 Å². The summed E-state index contributed by atoms with van der Waals surface area (Å²) in [5.74, 6) is 1.34. The number of carbonyl (C=O) groups excluding carboxylic acids is 1. The Morgan fingerprint density at radius 2 is 1.50 bits per heavy atom. The summed E-state index contributed by atoms with van der Waals surface area (Å²) in [7, 11) is 4.65. The molecule has 22 heavy (non-hydrogen) atoms. The molecule has 0 aliphatic heterocycles. The second-order valence-electron chi connectivity index (χ2n) is 4.49. The molecule has 116 valence electrons. The zero-order valence-electron chi connectivity index (χ0n) is 12.8. The van der Waals surface area contributed by atoms with Gasteiger partial charge in [0.1, 0.15) is 29.4 Å². The van der Waals surface area contributed by atoms with Crippen molar-refractivity contribution < 1.29 is 23.7 Å². The molecule has 0 unspecified atom stereocenters. The lowest BCUT2D eigenvalue weighted by atomic mass is 10.2. The maximum atomic E-state index is 12.2. The Morgan fingerprint density at radius 1 is 0.864 bits per heavy atom. The molecule has 0 amide bonds. The van der Waals surface area contributed by atoms with Crippen molar-refractivity contribution in [2.24, 2.45) is 0 Å². The van der Waals surface area contributed by atoms with Crippen molar-refractivity contribution >= 4 is 5.97 Å². The first-order valence-electron chi connectivity index (χ1n) is 6.70. The van der Waals surface area contributed by atoms with Gasteiger partial charge in [0.25, 0.3) is 0 Å². The highest BCUT2D eigenvalue weighted by Crippen LogP contribution is 2.25. The molecule has 0 bridgehead atoms. The summed E-state index contributed by atoms with van der Waals surface area (Å²) in [6.45, 7) is 0.179. The third-order valence-electron chi connectivity index (χ3n) is 3.16. The molecule has 2 rings (SSSR count).